The standard InChI is InChI=1S/C28H31N5O4S/c1-18-26(23(38-33-18)15-20-17-29-21-9-5-6-10-22(21)31-20)27(35)32-19-12-13-24(30-16-19)36-14-8-7-11-25(34)37-28(2,3)4/h5-6,9-10,12-13,16-17H,7-8,11,14-15H2,1-4H3,(H,32,35). The summed E-state index contributed by atoms with van der Waals surface area (Å²) < 4.78 is 15.4. The second kappa shape index (κ2) is 12.1. The van der Waals surface area contributed by atoms with E-state index in [2.05, 4.69) is 24.6 Å². The maximum atomic E-state index is 13.1. The lowest BCUT2D eigenvalue weighted by Gasteiger charge is -2.19. The number of esters is 1. The maximum absolute atomic E-state index is 13.1. The number of benzene rings is 1. The molecular formula is C28H31N5O4S. The molecule has 9 nitrogen and oxygen atoms in total. The molecule has 3 aromatic heterocycles. The first kappa shape index (κ1) is 27.1. The summed E-state index contributed by atoms with van der Waals surface area (Å²) >= 11 is 1.29. The molecule has 10 heteroatoms. The zero-order valence-corrected chi connectivity index (χ0v) is 22.8. The van der Waals surface area contributed by atoms with Gasteiger partial charge in [0.25, 0.3) is 5.91 Å². The van der Waals surface area contributed by atoms with Crippen LogP contribution in [-0.4, -0.2) is 43.4 Å². The molecular weight excluding hydrogens is 502 g/mol. The predicted octanol–water partition coefficient (Wildman–Crippen LogP) is 5.52. The molecule has 0 saturated carbocycles. The molecule has 1 amide bonds. The van der Waals surface area contributed by atoms with Gasteiger partial charge in [-0.05, 0) is 70.3 Å². The number of unbranched alkanes of at least 4 members (excludes halogenated alkanes) is 1. The number of fused-ring (bicyclic) bond motifs is 1. The fourth-order valence-corrected chi connectivity index (χ4v) is 4.63. The van der Waals surface area contributed by atoms with E-state index in [4.69, 9.17) is 9.47 Å². The van der Waals surface area contributed by atoms with Crippen LogP contribution >= 0.6 is 11.5 Å². The number of amides is 1. The zero-order chi connectivity index (χ0) is 27.1. The van der Waals surface area contributed by atoms with Crippen molar-refractivity contribution >= 4 is 40.1 Å². The van der Waals surface area contributed by atoms with Crippen LogP contribution in [0.5, 0.6) is 5.88 Å². The van der Waals surface area contributed by atoms with Crippen LogP contribution < -0.4 is 10.1 Å². The lowest BCUT2D eigenvalue weighted by Crippen LogP contribution is -2.23. The van der Waals surface area contributed by atoms with Crippen LogP contribution in [0.25, 0.3) is 11.0 Å². The van der Waals surface area contributed by atoms with Gasteiger partial charge in [0.05, 0.1) is 46.5 Å². The van der Waals surface area contributed by atoms with Gasteiger partial charge in [-0.2, -0.15) is 4.37 Å². The smallest absolute Gasteiger partial charge is 0.306 e. The molecule has 0 aliphatic rings. The number of para-hydroxylation sites is 2. The van der Waals surface area contributed by atoms with Crippen molar-refractivity contribution in [2.45, 2.75) is 59.0 Å². The molecule has 0 fully saturated rings. The number of aryl methyl sites for hydroxylation is 1. The van der Waals surface area contributed by atoms with Crippen molar-refractivity contribution in [3.05, 3.63) is 70.6 Å². The molecule has 0 radical (unpaired) electrons. The van der Waals surface area contributed by atoms with E-state index in [1.54, 1.807) is 24.5 Å². The second-order valence-electron chi connectivity index (χ2n) is 9.82. The average molecular weight is 534 g/mol. The first-order valence-electron chi connectivity index (χ1n) is 12.5. The molecule has 4 rings (SSSR count). The number of hydrogen-bond donors (Lipinski definition) is 1. The largest absolute Gasteiger partial charge is 0.478 e. The highest BCUT2D eigenvalue weighted by molar-refractivity contribution is 7.06. The van der Waals surface area contributed by atoms with Crippen molar-refractivity contribution in [1.29, 1.82) is 0 Å². The summed E-state index contributed by atoms with van der Waals surface area (Å²) in [5.41, 5.74) is 3.70. The number of pyridine rings is 1. The summed E-state index contributed by atoms with van der Waals surface area (Å²) in [5, 5.41) is 2.90. The molecule has 4 aromatic rings. The van der Waals surface area contributed by atoms with Gasteiger partial charge in [0.1, 0.15) is 5.60 Å². The third-order valence-corrected chi connectivity index (χ3v) is 6.37. The molecule has 3 heterocycles. The van der Waals surface area contributed by atoms with Crippen molar-refractivity contribution in [1.82, 2.24) is 19.3 Å². The molecule has 0 atom stereocenters. The van der Waals surface area contributed by atoms with Gasteiger partial charge in [0.2, 0.25) is 5.88 Å². The van der Waals surface area contributed by atoms with E-state index in [1.807, 2.05) is 52.0 Å². The second-order valence-corrected chi connectivity index (χ2v) is 10.7. The Hall–Kier alpha value is -3.92. The Morgan fingerprint density at radius 2 is 1.79 bits per heavy atom. The number of carbonyl (C=O) groups is 2. The fraction of sp³-hybridized carbons (Fsp3) is 0.357. The SMILES string of the molecule is Cc1nsc(Cc2cnc3ccccc3n2)c1C(=O)Nc1ccc(OCCCCC(=O)OC(C)(C)C)nc1. The van der Waals surface area contributed by atoms with Crippen LogP contribution in [0.1, 0.15) is 66.7 Å². The molecule has 0 bridgehead atoms. The number of rotatable bonds is 10. The molecule has 0 aliphatic heterocycles. The minimum Gasteiger partial charge on any atom is -0.478 e. The van der Waals surface area contributed by atoms with Gasteiger partial charge in [-0.15, -0.1) is 0 Å². The summed E-state index contributed by atoms with van der Waals surface area (Å²) in [5.74, 6) is -0.0121. The van der Waals surface area contributed by atoms with E-state index in [0.29, 0.717) is 55.1 Å². The van der Waals surface area contributed by atoms with Crippen molar-refractivity contribution < 1.29 is 19.1 Å². The Balaban J connectivity index is 1.29. The third kappa shape index (κ3) is 7.55. The van der Waals surface area contributed by atoms with Gasteiger partial charge in [-0.3, -0.25) is 14.6 Å². The molecule has 1 aromatic carbocycles. The highest BCUT2D eigenvalue weighted by Crippen LogP contribution is 2.24. The fourth-order valence-electron chi connectivity index (χ4n) is 3.75. The van der Waals surface area contributed by atoms with Crippen LogP contribution in [0.4, 0.5) is 5.69 Å². The van der Waals surface area contributed by atoms with Crippen molar-refractivity contribution in [2.75, 3.05) is 11.9 Å². The quantitative estimate of drug-likeness (QED) is 0.209. The lowest BCUT2D eigenvalue weighted by molar-refractivity contribution is -0.154. The Morgan fingerprint density at radius 3 is 2.53 bits per heavy atom. The summed E-state index contributed by atoms with van der Waals surface area (Å²) in [4.78, 5) is 39.1. The minimum absolute atomic E-state index is 0.208. The van der Waals surface area contributed by atoms with Crippen molar-refractivity contribution in [3.63, 3.8) is 0 Å². The maximum Gasteiger partial charge on any atom is 0.306 e. The Bertz CT molecular complexity index is 1410. The van der Waals surface area contributed by atoms with E-state index in [0.717, 1.165) is 21.6 Å². The van der Waals surface area contributed by atoms with Crippen LogP contribution in [-0.2, 0) is 16.0 Å². The molecule has 198 valence electrons. The summed E-state index contributed by atoms with van der Waals surface area (Å²) in [6.45, 7) is 7.81. The van der Waals surface area contributed by atoms with Crippen LogP contribution in [0, 0.1) is 6.92 Å². The van der Waals surface area contributed by atoms with Gasteiger partial charge in [-0.1, -0.05) is 12.1 Å². The average Bonchev–Trinajstić information content (AvgIpc) is 3.23. The monoisotopic (exact) mass is 533 g/mol. The number of nitrogens with one attached hydrogen (secondary N) is 1. The summed E-state index contributed by atoms with van der Waals surface area (Å²) in [6.07, 6.45) is 5.48. The number of hydrogen-bond acceptors (Lipinski definition) is 9. The minimum atomic E-state index is -0.471. The van der Waals surface area contributed by atoms with E-state index in [9.17, 15) is 9.59 Å². The number of carbonyl (C=O) groups excluding carboxylic acids is 2. The number of nitrogens with zero attached hydrogens (tertiary/aromatic N) is 4. The molecule has 0 aliphatic carbocycles. The summed E-state index contributed by atoms with van der Waals surface area (Å²) in [6, 6.07) is 11.1. The lowest BCUT2D eigenvalue weighted by atomic mass is 10.1. The van der Waals surface area contributed by atoms with E-state index < -0.39 is 5.60 Å². The number of ether oxygens (including phenoxy) is 2. The summed E-state index contributed by atoms with van der Waals surface area (Å²) in [7, 11) is 0. The highest BCUT2D eigenvalue weighted by atomic mass is 32.1. The zero-order valence-electron chi connectivity index (χ0n) is 22.0. The molecule has 38 heavy (non-hydrogen) atoms. The van der Waals surface area contributed by atoms with Crippen LogP contribution in [0.3, 0.4) is 0 Å². The van der Waals surface area contributed by atoms with Crippen molar-refractivity contribution in [3.8, 4) is 5.88 Å². The first-order chi connectivity index (χ1) is 18.2. The van der Waals surface area contributed by atoms with Gasteiger partial charge in [0, 0.05) is 30.0 Å². The topological polar surface area (TPSA) is 116 Å². The third-order valence-electron chi connectivity index (χ3n) is 5.44. The highest BCUT2D eigenvalue weighted by Gasteiger charge is 2.20. The molecule has 0 saturated heterocycles. The van der Waals surface area contributed by atoms with E-state index in [-0.39, 0.29) is 11.9 Å². The predicted molar refractivity (Wildman–Crippen MR) is 147 cm³/mol. The Labute approximate surface area is 225 Å². The molecule has 0 spiro atoms. The van der Waals surface area contributed by atoms with Crippen molar-refractivity contribution in [2.24, 2.45) is 0 Å². The number of aromatic nitrogens is 4. The first-order valence-corrected chi connectivity index (χ1v) is 13.2. The van der Waals surface area contributed by atoms with Gasteiger partial charge >= 0.3 is 5.97 Å². The van der Waals surface area contributed by atoms with Gasteiger partial charge in [0.15, 0.2) is 0 Å². The van der Waals surface area contributed by atoms with E-state index >= 15 is 0 Å². The van der Waals surface area contributed by atoms with Gasteiger partial charge in [-0.25, -0.2) is 9.97 Å². The normalized spacial score (nSPS) is 11.4. The molecule has 0 unspecified atom stereocenters. The van der Waals surface area contributed by atoms with Gasteiger partial charge < -0.3 is 14.8 Å². The van der Waals surface area contributed by atoms with E-state index in [1.165, 1.54) is 11.5 Å². The Morgan fingerprint density at radius 1 is 1.00 bits per heavy atom. The van der Waals surface area contributed by atoms with Crippen LogP contribution in [0.2, 0.25) is 0 Å². The molecule has 1 N–H and O–H groups in total. The van der Waals surface area contributed by atoms with Crippen LogP contribution in [0.15, 0.2) is 48.8 Å². The number of anilines is 1. The Kier molecular flexibility index (Phi) is 8.62.